The molecular formula is C15H19BrFNO4. The quantitative estimate of drug-likeness (QED) is 0.744. The Hall–Kier alpha value is -1.63. The molecule has 5 nitrogen and oxygen atoms in total. The number of halogens is 2. The number of benzene rings is 1. The highest BCUT2D eigenvalue weighted by atomic mass is 79.9. The Balaban J connectivity index is 2.33. The van der Waals surface area contributed by atoms with Crippen molar-refractivity contribution < 1.29 is 23.5 Å². The summed E-state index contributed by atoms with van der Waals surface area (Å²) >= 11 is 3.12. The van der Waals surface area contributed by atoms with Crippen molar-refractivity contribution in [2.24, 2.45) is 5.92 Å². The molecule has 0 saturated heterocycles. The molecule has 0 radical (unpaired) electrons. The second-order valence-corrected chi connectivity index (χ2v) is 5.98. The van der Waals surface area contributed by atoms with Crippen LogP contribution in [0.3, 0.4) is 0 Å². The van der Waals surface area contributed by atoms with Gasteiger partial charge in [0.2, 0.25) is 0 Å². The zero-order chi connectivity index (χ0) is 16.7. The van der Waals surface area contributed by atoms with Crippen molar-refractivity contribution in [3.05, 3.63) is 28.5 Å². The van der Waals surface area contributed by atoms with Crippen LogP contribution in [0.4, 0.5) is 4.39 Å². The van der Waals surface area contributed by atoms with Gasteiger partial charge in [-0.05, 0) is 47.0 Å². The van der Waals surface area contributed by atoms with Crippen molar-refractivity contribution in [3.8, 4) is 5.75 Å². The third-order valence-corrected chi connectivity index (χ3v) is 3.61. The first-order chi connectivity index (χ1) is 10.3. The van der Waals surface area contributed by atoms with Crippen LogP contribution in [0.5, 0.6) is 5.75 Å². The maximum Gasteiger partial charge on any atom is 0.344 e. The Kier molecular flexibility index (Phi) is 7.31. The third-order valence-electron chi connectivity index (χ3n) is 2.99. The molecule has 0 heterocycles. The zero-order valence-electron chi connectivity index (χ0n) is 12.7. The van der Waals surface area contributed by atoms with Crippen LogP contribution in [-0.4, -0.2) is 31.1 Å². The van der Waals surface area contributed by atoms with Gasteiger partial charge in [-0.25, -0.2) is 9.18 Å². The number of rotatable bonds is 7. The largest absolute Gasteiger partial charge is 0.481 e. The van der Waals surface area contributed by atoms with Gasteiger partial charge in [0.25, 0.3) is 5.91 Å². The van der Waals surface area contributed by atoms with E-state index in [1.165, 1.54) is 18.2 Å². The van der Waals surface area contributed by atoms with E-state index in [9.17, 15) is 14.0 Å². The first-order valence-electron chi connectivity index (χ1n) is 6.82. The molecule has 0 unspecified atom stereocenters. The van der Waals surface area contributed by atoms with Crippen LogP contribution < -0.4 is 10.1 Å². The van der Waals surface area contributed by atoms with E-state index in [-0.39, 0.29) is 25.2 Å². The van der Waals surface area contributed by atoms with Crippen LogP contribution in [0.1, 0.15) is 20.8 Å². The van der Waals surface area contributed by atoms with Crippen molar-refractivity contribution in [2.75, 3.05) is 13.2 Å². The minimum absolute atomic E-state index is 0.00220. The average molecular weight is 376 g/mol. The molecular weight excluding hydrogens is 357 g/mol. The molecule has 1 N–H and O–H groups in total. The molecule has 1 amide bonds. The van der Waals surface area contributed by atoms with Gasteiger partial charge in [0, 0.05) is 6.04 Å². The molecule has 1 aromatic rings. The van der Waals surface area contributed by atoms with Crippen LogP contribution in [-0.2, 0) is 14.3 Å². The summed E-state index contributed by atoms with van der Waals surface area (Å²) < 4.78 is 23.3. The standard InChI is InChI=1S/C15H19BrFNO4/c1-9(2)10(3)18-14(19)7-22-15(20)8-21-13-5-4-11(17)6-12(13)16/h4-6,9-10H,7-8H2,1-3H3,(H,18,19)/t10-/m0/s1. The van der Waals surface area contributed by atoms with Crippen LogP contribution in [0.25, 0.3) is 0 Å². The molecule has 0 bridgehead atoms. The molecule has 0 aliphatic rings. The summed E-state index contributed by atoms with van der Waals surface area (Å²) in [6.07, 6.45) is 0. The summed E-state index contributed by atoms with van der Waals surface area (Å²) in [4.78, 5) is 23.1. The number of hydrogen-bond acceptors (Lipinski definition) is 4. The fraction of sp³-hybridized carbons (Fsp3) is 0.467. The van der Waals surface area contributed by atoms with Gasteiger partial charge in [-0.2, -0.15) is 0 Å². The third kappa shape index (κ3) is 6.43. The molecule has 0 saturated carbocycles. The molecule has 0 aliphatic heterocycles. The molecule has 7 heteroatoms. The number of ether oxygens (including phenoxy) is 2. The summed E-state index contributed by atoms with van der Waals surface area (Å²) in [5.41, 5.74) is 0. The zero-order valence-corrected chi connectivity index (χ0v) is 14.3. The number of esters is 1. The van der Waals surface area contributed by atoms with Crippen LogP contribution in [0, 0.1) is 11.7 Å². The highest BCUT2D eigenvalue weighted by Crippen LogP contribution is 2.25. The van der Waals surface area contributed by atoms with E-state index in [1.54, 1.807) is 0 Å². The Bertz CT molecular complexity index is 536. The van der Waals surface area contributed by atoms with Crippen LogP contribution in [0.2, 0.25) is 0 Å². The lowest BCUT2D eigenvalue weighted by molar-refractivity contribution is -0.150. The van der Waals surface area contributed by atoms with Crippen molar-refractivity contribution in [2.45, 2.75) is 26.8 Å². The predicted octanol–water partition coefficient (Wildman–Crippen LogP) is 2.67. The monoisotopic (exact) mass is 375 g/mol. The fourth-order valence-corrected chi connectivity index (χ4v) is 1.84. The van der Waals surface area contributed by atoms with Crippen molar-refractivity contribution in [1.29, 1.82) is 0 Å². The SMILES string of the molecule is CC(C)[C@H](C)NC(=O)COC(=O)COc1ccc(F)cc1Br. The smallest absolute Gasteiger partial charge is 0.344 e. The normalized spacial score (nSPS) is 11.9. The molecule has 1 rings (SSSR count). The fourth-order valence-electron chi connectivity index (χ4n) is 1.38. The summed E-state index contributed by atoms with van der Waals surface area (Å²) in [5.74, 6) is -0.853. The van der Waals surface area contributed by atoms with E-state index in [2.05, 4.69) is 21.2 Å². The van der Waals surface area contributed by atoms with Gasteiger partial charge < -0.3 is 14.8 Å². The van der Waals surface area contributed by atoms with Gasteiger partial charge in [-0.15, -0.1) is 0 Å². The van der Waals surface area contributed by atoms with E-state index in [0.717, 1.165) is 0 Å². The first kappa shape index (κ1) is 18.4. The summed E-state index contributed by atoms with van der Waals surface area (Å²) in [6.45, 7) is 5.11. The highest BCUT2D eigenvalue weighted by molar-refractivity contribution is 9.10. The lowest BCUT2D eigenvalue weighted by atomic mass is 10.1. The highest BCUT2D eigenvalue weighted by Gasteiger charge is 2.13. The number of hydrogen-bond donors (Lipinski definition) is 1. The molecule has 22 heavy (non-hydrogen) atoms. The molecule has 0 fully saturated rings. The predicted molar refractivity (Wildman–Crippen MR) is 83.0 cm³/mol. The lowest BCUT2D eigenvalue weighted by Gasteiger charge is -2.17. The van der Waals surface area contributed by atoms with Gasteiger partial charge in [0.15, 0.2) is 13.2 Å². The van der Waals surface area contributed by atoms with Gasteiger partial charge in [-0.1, -0.05) is 13.8 Å². The minimum Gasteiger partial charge on any atom is -0.481 e. The van der Waals surface area contributed by atoms with Gasteiger partial charge >= 0.3 is 5.97 Å². The van der Waals surface area contributed by atoms with Crippen LogP contribution in [0.15, 0.2) is 22.7 Å². The number of nitrogens with one attached hydrogen (secondary N) is 1. The lowest BCUT2D eigenvalue weighted by Crippen LogP contribution is -2.39. The number of carbonyl (C=O) groups is 2. The van der Waals surface area contributed by atoms with E-state index < -0.39 is 11.8 Å². The Labute approximate surface area is 137 Å². The maximum atomic E-state index is 12.9. The van der Waals surface area contributed by atoms with E-state index in [0.29, 0.717) is 16.1 Å². The van der Waals surface area contributed by atoms with Gasteiger partial charge in [-0.3, -0.25) is 4.79 Å². The summed E-state index contributed by atoms with van der Waals surface area (Å²) in [7, 11) is 0. The number of amides is 1. The topological polar surface area (TPSA) is 64.6 Å². The number of carbonyl (C=O) groups excluding carboxylic acids is 2. The molecule has 0 aromatic heterocycles. The molecule has 0 aliphatic carbocycles. The summed E-state index contributed by atoms with van der Waals surface area (Å²) in [5, 5.41) is 2.72. The van der Waals surface area contributed by atoms with Crippen LogP contribution >= 0.6 is 15.9 Å². The molecule has 1 atom stereocenters. The van der Waals surface area contributed by atoms with Crippen molar-refractivity contribution >= 4 is 27.8 Å². The Morgan fingerprint density at radius 3 is 2.55 bits per heavy atom. The van der Waals surface area contributed by atoms with Crippen molar-refractivity contribution in [1.82, 2.24) is 5.32 Å². The Morgan fingerprint density at radius 2 is 1.95 bits per heavy atom. The van der Waals surface area contributed by atoms with Crippen molar-refractivity contribution in [3.63, 3.8) is 0 Å². The van der Waals surface area contributed by atoms with E-state index in [4.69, 9.17) is 9.47 Å². The second kappa shape index (κ2) is 8.73. The maximum absolute atomic E-state index is 12.9. The molecule has 122 valence electrons. The summed E-state index contributed by atoms with van der Waals surface area (Å²) in [6, 6.07) is 3.83. The second-order valence-electron chi connectivity index (χ2n) is 5.12. The average Bonchev–Trinajstić information content (AvgIpc) is 2.44. The minimum atomic E-state index is -0.677. The Morgan fingerprint density at radius 1 is 1.27 bits per heavy atom. The van der Waals surface area contributed by atoms with E-state index in [1.807, 2.05) is 20.8 Å². The molecule has 0 spiro atoms. The molecule has 1 aromatic carbocycles. The van der Waals surface area contributed by atoms with E-state index >= 15 is 0 Å². The van der Waals surface area contributed by atoms with Gasteiger partial charge in [0.05, 0.1) is 4.47 Å². The first-order valence-corrected chi connectivity index (χ1v) is 7.61. The van der Waals surface area contributed by atoms with Gasteiger partial charge in [0.1, 0.15) is 11.6 Å².